The van der Waals surface area contributed by atoms with Gasteiger partial charge >= 0.3 is 0 Å². The summed E-state index contributed by atoms with van der Waals surface area (Å²) in [4.78, 5) is 14.0. The van der Waals surface area contributed by atoms with Gasteiger partial charge in [-0.05, 0) is 93.0 Å². The number of benzene rings is 7. The molecular formula is C44H25NO2. The lowest BCUT2D eigenvalue weighted by Gasteiger charge is -2.30. The van der Waals surface area contributed by atoms with Crippen molar-refractivity contribution in [2.75, 3.05) is 0 Å². The number of para-hydroxylation sites is 3. The van der Waals surface area contributed by atoms with Crippen molar-refractivity contribution in [3.63, 3.8) is 0 Å². The van der Waals surface area contributed by atoms with Crippen molar-refractivity contribution in [2.45, 2.75) is 5.41 Å². The lowest BCUT2D eigenvalue weighted by Crippen LogP contribution is -2.26. The van der Waals surface area contributed by atoms with Crippen LogP contribution < -0.4 is 5.43 Å². The minimum absolute atomic E-state index is 0.00368. The van der Waals surface area contributed by atoms with Gasteiger partial charge in [0.1, 0.15) is 11.2 Å². The molecule has 7 aromatic carbocycles. The molecule has 0 fully saturated rings. The number of hydrogen-bond donors (Lipinski definition) is 0. The maximum atomic E-state index is 14.0. The third-order valence-corrected chi connectivity index (χ3v) is 10.6. The highest BCUT2D eigenvalue weighted by Crippen LogP contribution is 2.63. The smallest absolute Gasteiger partial charge is 0.200 e. The molecule has 0 amide bonds. The Morgan fingerprint density at radius 3 is 1.68 bits per heavy atom. The molecule has 218 valence electrons. The predicted molar refractivity (Wildman–Crippen MR) is 191 cm³/mol. The maximum absolute atomic E-state index is 14.0. The van der Waals surface area contributed by atoms with Crippen LogP contribution in [0.25, 0.3) is 71.7 Å². The van der Waals surface area contributed by atoms with E-state index in [0.717, 1.165) is 16.8 Å². The van der Waals surface area contributed by atoms with Crippen LogP contribution in [0, 0.1) is 0 Å². The molecule has 11 rings (SSSR count). The van der Waals surface area contributed by atoms with Gasteiger partial charge in [0.25, 0.3) is 0 Å². The first kappa shape index (κ1) is 25.1. The summed E-state index contributed by atoms with van der Waals surface area (Å²) >= 11 is 0. The molecule has 1 atom stereocenters. The fraction of sp³-hybridized carbons (Fsp3) is 0.0227. The van der Waals surface area contributed by atoms with Gasteiger partial charge in [-0.25, -0.2) is 0 Å². The van der Waals surface area contributed by atoms with Gasteiger partial charge in [0.05, 0.1) is 27.2 Å². The van der Waals surface area contributed by atoms with Gasteiger partial charge < -0.3 is 8.98 Å². The zero-order chi connectivity index (χ0) is 30.9. The average Bonchev–Trinajstić information content (AvgIpc) is 3.72. The fourth-order valence-corrected chi connectivity index (χ4v) is 8.76. The van der Waals surface area contributed by atoms with Crippen LogP contribution in [0.3, 0.4) is 0 Å². The van der Waals surface area contributed by atoms with Crippen LogP contribution in [0.1, 0.15) is 22.3 Å². The second-order valence-electron chi connectivity index (χ2n) is 12.8. The summed E-state index contributed by atoms with van der Waals surface area (Å²) in [5.41, 5.74) is 13.7. The van der Waals surface area contributed by atoms with E-state index in [4.69, 9.17) is 4.42 Å². The normalized spacial score (nSPS) is 15.8. The van der Waals surface area contributed by atoms with Gasteiger partial charge in [-0.3, -0.25) is 4.79 Å². The van der Waals surface area contributed by atoms with E-state index >= 15 is 0 Å². The van der Waals surface area contributed by atoms with Gasteiger partial charge in [0.2, 0.25) is 5.43 Å². The van der Waals surface area contributed by atoms with Gasteiger partial charge in [0.15, 0.2) is 0 Å². The van der Waals surface area contributed by atoms with Crippen LogP contribution in [-0.2, 0) is 5.41 Å². The zero-order valence-electron chi connectivity index (χ0n) is 25.2. The van der Waals surface area contributed by atoms with E-state index in [1.165, 1.54) is 55.2 Å². The highest BCUT2D eigenvalue weighted by Gasteiger charge is 2.52. The molecule has 1 unspecified atom stereocenters. The maximum Gasteiger partial charge on any atom is 0.200 e. The van der Waals surface area contributed by atoms with Crippen LogP contribution in [0.5, 0.6) is 0 Å². The summed E-state index contributed by atoms with van der Waals surface area (Å²) in [6.45, 7) is 0. The minimum atomic E-state index is -0.566. The van der Waals surface area contributed by atoms with Gasteiger partial charge in [-0.15, -0.1) is 0 Å². The monoisotopic (exact) mass is 599 g/mol. The molecule has 0 radical (unpaired) electrons. The Morgan fingerprint density at radius 2 is 0.979 bits per heavy atom. The average molecular weight is 600 g/mol. The Balaban J connectivity index is 1.25. The summed E-state index contributed by atoms with van der Waals surface area (Å²) in [6.07, 6.45) is 0. The Bertz CT molecular complexity index is 2840. The Morgan fingerprint density at radius 1 is 0.426 bits per heavy atom. The molecule has 0 bridgehead atoms. The quantitative estimate of drug-likeness (QED) is 0.176. The molecule has 0 saturated carbocycles. The summed E-state index contributed by atoms with van der Waals surface area (Å²) in [5, 5.41) is 3.71. The first-order valence-electron chi connectivity index (χ1n) is 16.1. The van der Waals surface area contributed by atoms with Crippen LogP contribution in [0.4, 0.5) is 0 Å². The molecule has 0 aliphatic heterocycles. The summed E-state index contributed by atoms with van der Waals surface area (Å²) < 4.78 is 8.77. The lowest BCUT2D eigenvalue weighted by molar-refractivity contribution is 0.659. The summed E-state index contributed by atoms with van der Waals surface area (Å²) in [6, 6.07) is 53.5. The molecule has 3 heteroatoms. The Labute approximate surface area is 269 Å². The number of nitrogens with zero attached hydrogens (tertiary/aromatic N) is 1. The first-order valence-corrected chi connectivity index (χ1v) is 16.1. The highest BCUT2D eigenvalue weighted by atomic mass is 16.3. The molecule has 0 N–H and O–H groups in total. The molecule has 2 aliphatic carbocycles. The number of aromatic nitrogens is 1. The van der Waals surface area contributed by atoms with Crippen LogP contribution in [0.2, 0.25) is 0 Å². The standard InChI is InChI=1S/C44H25NO2/c46-43-31-15-5-10-20-41(31)47-42-25-33-28-12-2-7-17-36(28)44(38(33)24-34(42)43)35-16-6-1-11-27(35)32-23-26(21-22-37(32)44)45-39-18-8-3-13-29(39)30-14-4-9-19-40(30)45/h1-25H. The molecule has 9 aromatic rings. The lowest BCUT2D eigenvalue weighted by atomic mass is 9.70. The van der Waals surface area contributed by atoms with Crippen LogP contribution in [0.15, 0.2) is 161 Å². The SMILES string of the molecule is O=c1c2ccccc2oc2cc3c(cc12)C1(c2ccccc2-c2cc(-n4c5ccccc5c5ccccc54)ccc21)c1ccccc1-3. The fourth-order valence-electron chi connectivity index (χ4n) is 8.76. The molecule has 2 heterocycles. The molecule has 1 spiro atoms. The molecule has 2 aliphatic rings. The van der Waals surface area contributed by atoms with Gasteiger partial charge in [0, 0.05) is 16.5 Å². The van der Waals surface area contributed by atoms with Gasteiger partial charge in [-0.1, -0.05) is 103 Å². The Kier molecular flexibility index (Phi) is 4.66. The predicted octanol–water partition coefficient (Wildman–Crippen LogP) is 10.4. The largest absolute Gasteiger partial charge is 0.456 e. The van der Waals surface area contributed by atoms with Gasteiger partial charge in [-0.2, -0.15) is 0 Å². The zero-order valence-corrected chi connectivity index (χ0v) is 25.2. The van der Waals surface area contributed by atoms with Crippen molar-refractivity contribution in [2.24, 2.45) is 0 Å². The third-order valence-electron chi connectivity index (χ3n) is 10.6. The van der Waals surface area contributed by atoms with E-state index in [-0.39, 0.29) is 5.43 Å². The number of hydrogen-bond acceptors (Lipinski definition) is 2. The van der Waals surface area contributed by atoms with Crippen molar-refractivity contribution in [1.82, 2.24) is 4.57 Å². The van der Waals surface area contributed by atoms with E-state index < -0.39 is 5.41 Å². The van der Waals surface area contributed by atoms with Crippen molar-refractivity contribution in [3.8, 4) is 27.9 Å². The highest BCUT2D eigenvalue weighted by molar-refractivity contribution is 6.09. The molecule has 3 nitrogen and oxygen atoms in total. The van der Waals surface area contributed by atoms with Crippen molar-refractivity contribution >= 4 is 43.7 Å². The van der Waals surface area contributed by atoms with E-state index in [9.17, 15) is 4.79 Å². The molecule has 2 aromatic heterocycles. The Hall–Kier alpha value is -6.19. The van der Waals surface area contributed by atoms with E-state index in [2.05, 4.69) is 132 Å². The summed E-state index contributed by atoms with van der Waals surface area (Å²) in [7, 11) is 0. The summed E-state index contributed by atoms with van der Waals surface area (Å²) in [5.74, 6) is 0. The second-order valence-corrected chi connectivity index (χ2v) is 12.8. The van der Waals surface area contributed by atoms with Crippen molar-refractivity contribution < 1.29 is 4.42 Å². The van der Waals surface area contributed by atoms with Crippen molar-refractivity contribution in [1.29, 1.82) is 0 Å². The molecule has 0 saturated heterocycles. The second kappa shape index (κ2) is 8.74. The van der Waals surface area contributed by atoms with E-state index in [1.807, 2.05) is 24.3 Å². The molecule has 47 heavy (non-hydrogen) atoms. The topological polar surface area (TPSA) is 35.1 Å². The van der Waals surface area contributed by atoms with Crippen molar-refractivity contribution in [3.05, 3.63) is 184 Å². The van der Waals surface area contributed by atoms with E-state index in [0.29, 0.717) is 21.9 Å². The van der Waals surface area contributed by atoms with E-state index in [1.54, 1.807) is 0 Å². The number of fused-ring (bicyclic) bond motifs is 15. The number of rotatable bonds is 1. The van der Waals surface area contributed by atoms with Crippen LogP contribution >= 0.6 is 0 Å². The minimum Gasteiger partial charge on any atom is -0.456 e. The van der Waals surface area contributed by atoms with Crippen LogP contribution in [-0.4, -0.2) is 4.57 Å². The first-order chi connectivity index (χ1) is 23.2. The molecular weight excluding hydrogens is 574 g/mol. The third kappa shape index (κ3) is 3.00.